The van der Waals surface area contributed by atoms with Gasteiger partial charge in [-0.05, 0) is 19.9 Å². The van der Waals surface area contributed by atoms with Crippen LogP contribution in [0.4, 0.5) is 0 Å². The Morgan fingerprint density at radius 2 is 2.07 bits per heavy atom. The summed E-state index contributed by atoms with van der Waals surface area (Å²) in [5.74, 6) is 0. The lowest BCUT2D eigenvalue weighted by Gasteiger charge is -2.02. The van der Waals surface area contributed by atoms with Gasteiger partial charge in [0.2, 0.25) is 0 Å². The number of rotatable bonds is 3. The molecule has 0 saturated heterocycles. The monoisotopic (exact) mass is 186 g/mol. The van der Waals surface area contributed by atoms with Gasteiger partial charge in [0.15, 0.2) is 0 Å². The molecule has 0 N–H and O–H groups in total. The van der Waals surface area contributed by atoms with E-state index >= 15 is 0 Å². The number of nitrogens with zero attached hydrogens (tertiary/aromatic N) is 2. The van der Waals surface area contributed by atoms with Crippen LogP contribution in [0.2, 0.25) is 0 Å². The third-order valence-corrected chi connectivity index (χ3v) is 1.84. The normalized spacial score (nSPS) is 11.3. The van der Waals surface area contributed by atoms with Gasteiger partial charge in [-0.15, -0.1) is 0 Å². The quantitative estimate of drug-likeness (QED) is 0.678. The second-order valence-electron chi connectivity index (χ2n) is 2.85. The third kappa shape index (κ3) is 2.39. The summed E-state index contributed by atoms with van der Waals surface area (Å²) in [6.45, 7) is 7.58. The Bertz CT molecular complexity index is 376. The van der Waals surface area contributed by atoms with Crippen molar-refractivity contribution in [3.8, 4) is 0 Å². The highest BCUT2D eigenvalue weighted by Crippen LogP contribution is 2.12. The van der Waals surface area contributed by atoms with Gasteiger partial charge in [-0.1, -0.05) is 30.9 Å². The SMILES string of the molecule is C=C/C=C\c1ncnc(C)c1/C=C\C. The van der Waals surface area contributed by atoms with Crippen molar-refractivity contribution in [3.05, 3.63) is 48.1 Å². The highest BCUT2D eigenvalue weighted by Gasteiger charge is 2.00. The van der Waals surface area contributed by atoms with Crippen LogP contribution >= 0.6 is 0 Å². The van der Waals surface area contributed by atoms with Gasteiger partial charge in [0.05, 0.1) is 5.69 Å². The smallest absolute Gasteiger partial charge is 0.116 e. The molecule has 0 aliphatic heterocycles. The largest absolute Gasteiger partial charge is 0.241 e. The van der Waals surface area contributed by atoms with Gasteiger partial charge in [0.25, 0.3) is 0 Å². The average Bonchev–Trinajstić information content (AvgIpc) is 2.19. The van der Waals surface area contributed by atoms with Crippen molar-refractivity contribution in [2.24, 2.45) is 0 Å². The van der Waals surface area contributed by atoms with Gasteiger partial charge in [0, 0.05) is 11.3 Å². The van der Waals surface area contributed by atoms with Crippen LogP contribution in [0.15, 0.2) is 31.1 Å². The van der Waals surface area contributed by atoms with Crippen LogP contribution < -0.4 is 0 Å². The summed E-state index contributed by atoms with van der Waals surface area (Å²) in [7, 11) is 0. The van der Waals surface area contributed by atoms with E-state index in [1.807, 2.05) is 38.2 Å². The zero-order valence-corrected chi connectivity index (χ0v) is 8.57. The molecule has 2 heteroatoms. The van der Waals surface area contributed by atoms with Gasteiger partial charge in [0.1, 0.15) is 6.33 Å². The van der Waals surface area contributed by atoms with E-state index in [2.05, 4.69) is 16.5 Å². The van der Waals surface area contributed by atoms with Crippen molar-refractivity contribution in [2.75, 3.05) is 0 Å². The van der Waals surface area contributed by atoms with Gasteiger partial charge >= 0.3 is 0 Å². The number of allylic oxidation sites excluding steroid dienone is 3. The van der Waals surface area contributed by atoms with Gasteiger partial charge in [-0.25, -0.2) is 9.97 Å². The molecule has 14 heavy (non-hydrogen) atoms. The lowest BCUT2D eigenvalue weighted by molar-refractivity contribution is 1.08. The Morgan fingerprint density at radius 3 is 2.71 bits per heavy atom. The maximum Gasteiger partial charge on any atom is 0.116 e. The maximum atomic E-state index is 4.20. The first-order valence-electron chi connectivity index (χ1n) is 4.53. The summed E-state index contributed by atoms with van der Waals surface area (Å²) in [4.78, 5) is 8.34. The minimum atomic E-state index is 0.926. The highest BCUT2D eigenvalue weighted by molar-refractivity contribution is 5.64. The molecule has 72 valence electrons. The van der Waals surface area contributed by atoms with Crippen LogP contribution in [0.5, 0.6) is 0 Å². The number of hydrogen-bond acceptors (Lipinski definition) is 2. The van der Waals surface area contributed by atoms with E-state index in [-0.39, 0.29) is 0 Å². The molecule has 0 radical (unpaired) electrons. The predicted octanol–water partition coefficient (Wildman–Crippen LogP) is 3.02. The first-order chi connectivity index (χ1) is 6.79. The molecule has 0 amide bonds. The summed E-state index contributed by atoms with van der Waals surface area (Å²) in [5, 5.41) is 0. The topological polar surface area (TPSA) is 25.8 Å². The lowest BCUT2D eigenvalue weighted by Crippen LogP contribution is -1.93. The van der Waals surface area contributed by atoms with Gasteiger partial charge in [-0.3, -0.25) is 0 Å². The molecule has 0 atom stereocenters. The number of aryl methyl sites for hydroxylation is 1. The van der Waals surface area contributed by atoms with Crippen molar-refractivity contribution < 1.29 is 0 Å². The van der Waals surface area contributed by atoms with Crippen molar-refractivity contribution in [2.45, 2.75) is 13.8 Å². The van der Waals surface area contributed by atoms with Crippen LogP contribution in [0.1, 0.15) is 23.9 Å². The first kappa shape index (κ1) is 10.4. The van der Waals surface area contributed by atoms with Crippen LogP contribution in [0.25, 0.3) is 12.2 Å². The second-order valence-corrected chi connectivity index (χ2v) is 2.85. The van der Waals surface area contributed by atoms with E-state index in [1.54, 1.807) is 12.4 Å². The molecular weight excluding hydrogens is 172 g/mol. The Labute approximate surface area is 84.7 Å². The molecule has 0 fully saturated rings. The fraction of sp³-hybridized carbons (Fsp3) is 0.167. The molecule has 1 rings (SSSR count). The zero-order chi connectivity index (χ0) is 10.4. The molecule has 0 aromatic carbocycles. The van der Waals surface area contributed by atoms with E-state index in [0.29, 0.717) is 0 Å². The molecule has 0 spiro atoms. The van der Waals surface area contributed by atoms with E-state index < -0.39 is 0 Å². The van der Waals surface area contributed by atoms with Gasteiger partial charge in [-0.2, -0.15) is 0 Å². The molecule has 0 aliphatic carbocycles. The maximum absolute atomic E-state index is 4.20. The summed E-state index contributed by atoms with van der Waals surface area (Å²) in [6.07, 6.45) is 11.1. The highest BCUT2D eigenvalue weighted by atomic mass is 14.8. The molecule has 1 heterocycles. The lowest BCUT2D eigenvalue weighted by atomic mass is 10.1. The third-order valence-electron chi connectivity index (χ3n) is 1.84. The van der Waals surface area contributed by atoms with Crippen LogP contribution in [0.3, 0.4) is 0 Å². The Kier molecular flexibility index (Phi) is 3.80. The Balaban J connectivity index is 3.20. The first-order valence-corrected chi connectivity index (χ1v) is 4.53. The predicted molar refractivity (Wildman–Crippen MR) is 60.7 cm³/mol. The molecule has 0 bridgehead atoms. The van der Waals surface area contributed by atoms with E-state index in [1.165, 1.54) is 0 Å². The molecule has 0 aliphatic rings. The van der Waals surface area contributed by atoms with E-state index in [9.17, 15) is 0 Å². The van der Waals surface area contributed by atoms with Crippen LogP contribution in [-0.2, 0) is 0 Å². The molecule has 0 unspecified atom stereocenters. The molecule has 1 aromatic heterocycles. The minimum absolute atomic E-state index is 0.926. The van der Waals surface area contributed by atoms with Crippen molar-refractivity contribution in [3.63, 3.8) is 0 Å². The summed E-state index contributed by atoms with van der Waals surface area (Å²) < 4.78 is 0. The number of aromatic nitrogens is 2. The van der Waals surface area contributed by atoms with Crippen molar-refractivity contribution in [1.29, 1.82) is 0 Å². The minimum Gasteiger partial charge on any atom is -0.241 e. The van der Waals surface area contributed by atoms with Crippen LogP contribution in [-0.4, -0.2) is 9.97 Å². The fourth-order valence-electron chi connectivity index (χ4n) is 1.17. The molecule has 0 saturated carbocycles. The Morgan fingerprint density at radius 1 is 1.29 bits per heavy atom. The summed E-state index contributed by atoms with van der Waals surface area (Å²) >= 11 is 0. The standard InChI is InChI=1S/C12H14N2/c1-4-6-8-12-11(7-5-2)10(3)13-9-14-12/h4-9H,1H2,2-3H3/b7-5-,8-6-. The van der Waals surface area contributed by atoms with Crippen molar-refractivity contribution in [1.82, 2.24) is 9.97 Å². The van der Waals surface area contributed by atoms with E-state index in [4.69, 9.17) is 0 Å². The average molecular weight is 186 g/mol. The molecule has 1 aromatic rings. The summed E-state index contributed by atoms with van der Waals surface area (Å²) in [6, 6.07) is 0. The summed E-state index contributed by atoms with van der Waals surface area (Å²) in [5.41, 5.74) is 2.98. The van der Waals surface area contributed by atoms with Gasteiger partial charge < -0.3 is 0 Å². The number of hydrogen-bond donors (Lipinski definition) is 0. The fourth-order valence-corrected chi connectivity index (χ4v) is 1.17. The molecule has 2 nitrogen and oxygen atoms in total. The Hall–Kier alpha value is -1.70. The van der Waals surface area contributed by atoms with E-state index in [0.717, 1.165) is 17.0 Å². The zero-order valence-electron chi connectivity index (χ0n) is 8.57. The van der Waals surface area contributed by atoms with Crippen molar-refractivity contribution >= 4 is 12.2 Å². The second kappa shape index (κ2) is 5.12. The molecular formula is C12H14N2. The van der Waals surface area contributed by atoms with Crippen LogP contribution in [0, 0.1) is 6.92 Å².